The maximum atomic E-state index is 10.9. The van der Waals surface area contributed by atoms with Gasteiger partial charge in [0.15, 0.2) is 10.1 Å². The Labute approximate surface area is 67.8 Å². The van der Waals surface area contributed by atoms with E-state index in [4.69, 9.17) is 0 Å². The molecule has 0 fully saturated rings. The monoisotopic (exact) mass is 163 g/mol. The molecule has 12 heavy (non-hydrogen) atoms. The highest BCUT2D eigenvalue weighted by molar-refractivity contribution is 5.77. The maximum absolute atomic E-state index is 10.9. The molecular formula is C8H7N2O2+. The van der Waals surface area contributed by atoms with Crippen molar-refractivity contribution in [3.8, 4) is 0 Å². The van der Waals surface area contributed by atoms with Crippen LogP contribution in [0.1, 0.15) is 0 Å². The van der Waals surface area contributed by atoms with Gasteiger partial charge in [0.2, 0.25) is 0 Å². The Kier molecular flexibility index (Phi) is 1.33. The average Bonchev–Trinajstić information content (AvgIpc) is 2.12. The standard InChI is InChI=1S/C8H7N2O2/c11-9-6-5-7-3-1-2-4-8(7)10(9)12/h1-6,12H/q+1. The lowest BCUT2D eigenvalue weighted by molar-refractivity contribution is -0.633. The largest absolute Gasteiger partial charge is 0.380 e. The fourth-order valence-electron chi connectivity index (χ4n) is 1.12. The van der Waals surface area contributed by atoms with E-state index >= 15 is 0 Å². The molecule has 0 bridgehead atoms. The van der Waals surface area contributed by atoms with Gasteiger partial charge in [0.1, 0.15) is 0 Å². The second-order valence-corrected chi connectivity index (χ2v) is 2.47. The van der Waals surface area contributed by atoms with Crippen LogP contribution in [0.3, 0.4) is 0 Å². The molecule has 0 atom stereocenters. The SMILES string of the molecule is O=[n+]1ccc2ccccc2n1O. The molecule has 0 amide bonds. The summed E-state index contributed by atoms with van der Waals surface area (Å²) in [5.41, 5.74) is 0.495. The van der Waals surface area contributed by atoms with Crippen molar-refractivity contribution in [1.82, 2.24) is 4.85 Å². The van der Waals surface area contributed by atoms with Crippen LogP contribution in [0, 0.1) is 4.91 Å². The van der Waals surface area contributed by atoms with Crippen LogP contribution in [-0.4, -0.2) is 10.1 Å². The molecule has 0 aliphatic heterocycles. The number of rotatable bonds is 0. The third-order valence-corrected chi connectivity index (χ3v) is 1.72. The zero-order valence-corrected chi connectivity index (χ0v) is 6.21. The van der Waals surface area contributed by atoms with Crippen molar-refractivity contribution < 1.29 is 9.75 Å². The molecule has 0 unspecified atom stereocenters. The summed E-state index contributed by atoms with van der Waals surface area (Å²) in [5, 5.41) is 10.1. The molecule has 4 heteroatoms. The lowest BCUT2D eigenvalue weighted by atomic mass is 10.2. The molecule has 0 saturated heterocycles. The molecule has 1 heterocycles. The van der Waals surface area contributed by atoms with Crippen molar-refractivity contribution in [2.45, 2.75) is 0 Å². The number of aromatic nitrogens is 2. The topological polar surface area (TPSA) is 48.1 Å². The van der Waals surface area contributed by atoms with Crippen LogP contribution in [0.2, 0.25) is 0 Å². The summed E-state index contributed by atoms with van der Waals surface area (Å²) in [6, 6.07) is 8.74. The molecule has 4 nitrogen and oxygen atoms in total. The first-order chi connectivity index (χ1) is 5.79. The summed E-state index contributed by atoms with van der Waals surface area (Å²) in [6.07, 6.45) is 1.25. The smallest absolute Gasteiger partial charge is 0.262 e. The zero-order valence-electron chi connectivity index (χ0n) is 6.21. The van der Waals surface area contributed by atoms with E-state index in [0.29, 0.717) is 14.9 Å². The van der Waals surface area contributed by atoms with Crippen molar-refractivity contribution >= 4 is 10.9 Å². The van der Waals surface area contributed by atoms with Gasteiger partial charge in [-0.05, 0) is 6.07 Å². The first-order valence-corrected chi connectivity index (χ1v) is 3.51. The molecule has 0 spiro atoms. The van der Waals surface area contributed by atoms with E-state index in [2.05, 4.69) is 0 Å². The normalized spacial score (nSPS) is 10.3. The van der Waals surface area contributed by atoms with Gasteiger partial charge in [-0.25, -0.2) is 0 Å². The third kappa shape index (κ3) is 0.852. The highest BCUT2D eigenvalue weighted by Crippen LogP contribution is 2.08. The highest BCUT2D eigenvalue weighted by atomic mass is 16.5. The molecule has 0 saturated carbocycles. The van der Waals surface area contributed by atoms with Gasteiger partial charge in [-0.1, -0.05) is 18.2 Å². The van der Waals surface area contributed by atoms with E-state index < -0.39 is 0 Å². The van der Waals surface area contributed by atoms with Crippen LogP contribution in [-0.2, 0) is 0 Å². The van der Waals surface area contributed by atoms with Gasteiger partial charge in [-0.3, -0.25) is 0 Å². The summed E-state index contributed by atoms with van der Waals surface area (Å²) in [7, 11) is 0. The Hall–Kier alpha value is -1.84. The molecule has 1 aromatic carbocycles. The van der Waals surface area contributed by atoms with Crippen LogP contribution < -0.4 is 4.54 Å². The number of benzene rings is 1. The fraction of sp³-hybridized carbons (Fsp3) is 0. The van der Waals surface area contributed by atoms with E-state index in [-0.39, 0.29) is 0 Å². The van der Waals surface area contributed by atoms with Crippen LogP contribution >= 0.6 is 0 Å². The summed E-state index contributed by atoms with van der Waals surface area (Å²) < 4.78 is 0.363. The van der Waals surface area contributed by atoms with E-state index in [1.807, 2.05) is 12.1 Å². The van der Waals surface area contributed by atoms with Crippen LogP contribution in [0.25, 0.3) is 10.9 Å². The molecular weight excluding hydrogens is 156 g/mol. The molecule has 2 rings (SSSR count). The summed E-state index contributed by atoms with van der Waals surface area (Å²) in [6.45, 7) is 0. The predicted octanol–water partition coefficient (Wildman–Crippen LogP) is 0.793. The van der Waals surface area contributed by atoms with Gasteiger partial charge in [-0.2, -0.15) is 0 Å². The average molecular weight is 163 g/mol. The Morgan fingerprint density at radius 1 is 1.25 bits per heavy atom. The van der Waals surface area contributed by atoms with Crippen molar-refractivity contribution in [2.75, 3.05) is 0 Å². The van der Waals surface area contributed by atoms with Crippen molar-refractivity contribution in [3.05, 3.63) is 41.4 Å². The van der Waals surface area contributed by atoms with E-state index in [1.165, 1.54) is 6.20 Å². The Morgan fingerprint density at radius 2 is 2.00 bits per heavy atom. The third-order valence-electron chi connectivity index (χ3n) is 1.72. The van der Waals surface area contributed by atoms with Crippen molar-refractivity contribution in [3.63, 3.8) is 0 Å². The fourth-order valence-corrected chi connectivity index (χ4v) is 1.12. The van der Waals surface area contributed by atoms with Gasteiger partial charge < -0.3 is 5.21 Å². The molecule has 0 aliphatic rings. The number of hydrogen-bond donors (Lipinski definition) is 1. The number of fused-ring (bicyclic) bond motifs is 1. The van der Waals surface area contributed by atoms with Gasteiger partial charge in [0, 0.05) is 11.5 Å². The quantitative estimate of drug-likeness (QED) is 0.461. The molecule has 1 aromatic heterocycles. The van der Waals surface area contributed by atoms with Gasteiger partial charge in [-0.15, -0.1) is 0 Å². The van der Waals surface area contributed by atoms with Gasteiger partial charge in [0.25, 0.3) is 6.20 Å². The Balaban J connectivity index is 3.01. The van der Waals surface area contributed by atoms with Gasteiger partial charge >= 0.3 is 0 Å². The van der Waals surface area contributed by atoms with E-state index in [0.717, 1.165) is 5.39 Å². The van der Waals surface area contributed by atoms with E-state index in [1.54, 1.807) is 18.2 Å². The second kappa shape index (κ2) is 2.34. The maximum Gasteiger partial charge on any atom is 0.262 e. The first kappa shape index (κ1) is 6.84. The minimum absolute atomic E-state index is 0.363. The summed E-state index contributed by atoms with van der Waals surface area (Å²) in [4.78, 5) is 11.4. The minimum atomic E-state index is 0.363. The summed E-state index contributed by atoms with van der Waals surface area (Å²) in [5.74, 6) is 0. The second-order valence-electron chi connectivity index (χ2n) is 2.47. The van der Waals surface area contributed by atoms with Crippen LogP contribution in [0.4, 0.5) is 0 Å². The number of hydrogen-bond acceptors (Lipinski definition) is 2. The highest BCUT2D eigenvalue weighted by Gasteiger charge is 2.04. The van der Waals surface area contributed by atoms with Gasteiger partial charge in [0.05, 0.1) is 9.75 Å². The minimum Gasteiger partial charge on any atom is -0.380 e. The number of nitrogens with zero attached hydrogens (tertiary/aromatic N) is 2. The molecule has 2 aromatic rings. The molecule has 60 valence electrons. The zero-order chi connectivity index (χ0) is 8.55. The molecule has 0 aliphatic carbocycles. The van der Waals surface area contributed by atoms with E-state index in [9.17, 15) is 10.1 Å². The van der Waals surface area contributed by atoms with Crippen molar-refractivity contribution in [2.24, 2.45) is 0 Å². The molecule has 1 N–H and O–H groups in total. The first-order valence-electron chi connectivity index (χ1n) is 3.51. The summed E-state index contributed by atoms with van der Waals surface area (Å²) >= 11 is 0. The lowest BCUT2D eigenvalue weighted by Crippen LogP contribution is -2.28. The Bertz CT molecular complexity index is 476. The number of para-hydroxylation sites is 1. The van der Waals surface area contributed by atoms with Crippen molar-refractivity contribution in [1.29, 1.82) is 0 Å². The lowest BCUT2D eigenvalue weighted by Gasteiger charge is -1.92. The van der Waals surface area contributed by atoms with Crippen LogP contribution in [0.5, 0.6) is 0 Å². The Morgan fingerprint density at radius 3 is 2.83 bits per heavy atom. The van der Waals surface area contributed by atoms with Crippen LogP contribution in [0.15, 0.2) is 36.5 Å². The molecule has 0 radical (unpaired) electrons. The predicted molar refractivity (Wildman–Crippen MR) is 42.5 cm³/mol.